The minimum Gasteiger partial charge on any atom is -0.378 e. The van der Waals surface area contributed by atoms with Crippen molar-refractivity contribution >= 4 is 16.5 Å². The molecule has 1 heteroatoms. The molecule has 0 fully saturated rings. The Labute approximate surface area is 160 Å². The fraction of sp³-hybridized carbons (Fsp3) is 0.154. The van der Waals surface area contributed by atoms with Gasteiger partial charge in [-0.2, -0.15) is 0 Å². The molecular formula is C26H23N. The molecule has 132 valence electrons. The van der Waals surface area contributed by atoms with Gasteiger partial charge in [-0.05, 0) is 47.4 Å². The summed E-state index contributed by atoms with van der Waals surface area (Å²) in [6, 6.07) is 35.1. The number of hydrogen-bond donors (Lipinski definition) is 1. The summed E-state index contributed by atoms with van der Waals surface area (Å²) < 4.78 is 0. The van der Waals surface area contributed by atoms with Gasteiger partial charge in [0.05, 0.1) is 0 Å². The van der Waals surface area contributed by atoms with Crippen molar-refractivity contribution in [1.82, 2.24) is 0 Å². The van der Waals surface area contributed by atoms with Gasteiger partial charge in [0, 0.05) is 16.6 Å². The Bertz CT molecular complexity index is 983. The maximum Gasteiger partial charge on any atom is 0.0494 e. The second kappa shape index (κ2) is 6.59. The molecule has 4 aromatic carbocycles. The van der Waals surface area contributed by atoms with Gasteiger partial charge < -0.3 is 5.32 Å². The van der Waals surface area contributed by atoms with Crippen LogP contribution in [-0.4, -0.2) is 5.54 Å². The third-order valence-corrected chi connectivity index (χ3v) is 5.69. The molecule has 0 aliphatic carbocycles. The van der Waals surface area contributed by atoms with Gasteiger partial charge in [-0.15, -0.1) is 0 Å². The largest absolute Gasteiger partial charge is 0.378 e. The van der Waals surface area contributed by atoms with Crippen LogP contribution in [0.3, 0.4) is 0 Å². The molecule has 0 spiro atoms. The average Bonchev–Trinajstić information content (AvgIpc) is 2.70. The first-order valence-corrected chi connectivity index (χ1v) is 9.68. The molecule has 27 heavy (non-hydrogen) atoms. The molecule has 0 aromatic heterocycles. The van der Waals surface area contributed by atoms with Gasteiger partial charge in [-0.25, -0.2) is 0 Å². The predicted octanol–water partition coefficient (Wildman–Crippen LogP) is 6.03. The average molecular weight is 349 g/mol. The van der Waals surface area contributed by atoms with E-state index in [0.717, 1.165) is 19.3 Å². The lowest BCUT2D eigenvalue weighted by Gasteiger charge is -2.41. The highest BCUT2D eigenvalue weighted by molar-refractivity contribution is 5.98. The number of rotatable bonds is 4. The van der Waals surface area contributed by atoms with E-state index in [9.17, 15) is 0 Å². The molecule has 1 aliphatic heterocycles. The third kappa shape index (κ3) is 3.10. The van der Waals surface area contributed by atoms with E-state index in [2.05, 4.69) is 102 Å². The monoisotopic (exact) mass is 349 g/mol. The Morgan fingerprint density at radius 3 is 1.85 bits per heavy atom. The van der Waals surface area contributed by atoms with Crippen LogP contribution in [0.1, 0.15) is 16.7 Å². The highest BCUT2D eigenvalue weighted by atomic mass is 15.0. The topological polar surface area (TPSA) is 12.0 Å². The van der Waals surface area contributed by atoms with Gasteiger partial charge in [0.25, 0.3) is 0 Å². The second-order valence-electron chi connectivity index (χ2n) is 7.73. The smallest absolute Gasteiger partial charge is 0.0494 e. The quantitative estimate of drug-likeness (QED) is 0.474. The van der Waals surface area contributed by atoms with Gasteiger partial charge >= 0.3 is 0 Å². The van der Waals surface area contributed by atoms with Crippen LogP contribution in [0.25, 0.3) is 10.8 Å². The molecule has 5 rings (SSSR count). The number of nitrogens with one attached hydrogen (secondary N) is 1. The summed E-state index contributed by atoms with van der Waals surface area (Å²) in [5, 5.41) is 6.68. The van der Waals surface area contributed by atoms with E-state index in [1.54, 1.807) is 0 Å². The second-order valence-corrected chi connectivity index (χ2v) is 7.73. The van der Waals surface area contributed by atoms with Crippen molar-refractivity contribution in [2.45, 2.75) is 24.8 Å². The summed E-state index contributed by atoms with van der Waals surface area (Å²) in [5.74, 6) is 0. The fourth-order valence-electron chi connectivity index (χ4n) is 4.61. The van der Waals surface area contributed by atoms with E-state index in [-0.39, 0.29) is 5.54 Å². The van der Waals surface area contributed by atoms with Crippen LogP contribution >= 0.6 is 0 Å². The SMILES string of the molecule is c1ccc(CC2(Cc3ccccc3)Cc3cccc4cccc(c34)N2)cc1. The predicted molar refractivity (Wildman–Crippen MR) is 114 cm³/mol. The highest BCUT2D eigenvalue weighted by Gasteiger charge is 2.35. The van der Waals surface area contributed by atoms with Crippen molar-refractivity contribution < 1.29 is 0 Å². The highest BCUT2D eigenvalue weighted by Crippen LogP contribution is 2.39. The molecule has 1 heterocycles. The van der Waals surface area contributed by atoms with E-state index in [4.69, 9.17) is 0 Å². The Morgan fingerprint density at radius 1 is 0.630 bits per heavy atom. The van der Waals surface area contributed by atoms with Crippen molar-refractivity contribution in [2.24, 2.45) is 0 Å². The molecule has 1 nitrogen and oxygen atoms in total. The standard InChI is InChI=1S/C26H23N/c1-3-9-20(10-4-1)17-26(18-21-11-5-2-6-12-21)19-23-15-7-13-22-14-8-16-24(27-26)25(22)23/h1-16,27H,17-19H2. The van der Waals surface area contributed by atoms with E-state index < -0.39 is 0 Å². The molecular weight excluding hydrogens is 326 g/mol. The zero-order valence-electron chi connectivity index (χ0n) is 15.4. The van der Waals surface area contributed by atoms with Crippen molar-refractivity contribution in [2.75, 3.05) is 5.32 Å². The number of benzene rings is 4. The van der Waals surface area contributed by atoms with Crippen LogP contribution < -0.4 is 5.32 Å². The van der Waals surface area contributed by atoms with Gasteiger partial charge in [0.15, 0.2) is 0 Å². The zero-order chi connectivity index (χ0) is 18.1. The van der Waals surface area contributed by atoms with Gasteiger partial charge in [0.2, 0.25) is 0 Å². The summed E-state index contributed by atoms with van der Waals surface area (Å²) in [6.07, 6.45) is 3.05. The van der Waals surface area contributed by atoms with Gasteiger partial charge in [-0.1, -0.05) is 91.0 Å². The van der Waals surface area contributed by atoms with Crippen LogP contribution in [0, 0.1) is 0 Å². The van der Waals surface area contributed by atoms with Crippen LogP contribution in [-0.2, 0) is 19.3 Å². The van der Waals surface area contributed by atoms with E-state index in [0.29, 0.717) is 0 Å². The van der Waals surface area contributed by atoms with Crippen molar-refractivity contribution in [3.63, 3.8) is 0 Å². The normalized spacial score (nSPS) is 14.7. The van der Waals surface area contributed by atoms with E-state index in [1.807, 2.05) is 0 Å². The Morgan fingerprint density at radius 2 is 1.22 bits per heavy atom. The Hall–Kier alpha value is -3.06. The Kier molecular flexibility index (Phi) is 3.94. The molecule has 1 aliphatic rings. The molecule has 0 saturated carbocycles. The maximum absolute atomic E-state index is 3.97. The molecule has 0 amide bonds. The molecule has 0 atom stereocenters. The van der Waals surface area contributed by atoms with Crippen molar-refractivity contribution in [3.8, 4) is 0 Å². The third-order valence-electron chi connectivity index (χ3n) is 5.69. The van der Waals surface area contributed by atoms with Crippen molar-refractivity contribution in [1.29, 1.82) is 0 Å². The lowest BCUT2D eigenvalue weighted by molar-refractivity contribution is 0.452. The first kappa shape index (κ1) is 16.1. The summed E-state index contributed by atoms with van der Waals surface area (Å²) in [4.78, 5) is 0. The first-order chi connectivity index (χ1) is 13.3. The maximum atomic E-state index is 3.97. The summed E-state index contributed by atoms with van der Waals surface area (Å²) >= 11 is 0. The fourth-order valence-corrected chi connectivity index (χ4v) is 4.61. The van der Waals surface area contributed by atoms with Crippen LogP contribution in [0.4, 0.5) is 5.69 Å². The lowest BCUT2D eigenvalue weighted by atomic mass is 9.76. The molecule has 1 N–H and O–H groups in total. The Balaban J connectivity index is 1.61. The van der Waals surface area contributed by atoms with Crippen LogP contribution in [0.15, 0.2) is 97.1 Å². The molecule has 0 radical (unpaired) electrons. The molecule has 0 saturated heterocycles. The van der Waals surface area contributed by atoms with Gasteiger partial charge in [0.1, 0.15) is 0 Å². The minimum atomic E-state index is -0.0225. The summed E-state index contributed by atoms with van der Waals surface area (Å²) in [6.45, 7) is 0. The zero-order valence-corrected chi connectivity index (χ0v) is 15.4. The molecule has 4 aromatic rings. The van der Waals surface area contributed by atoms with Gasteiger partial charge in [-0.3, -0.25) is 0 Å². The summed E-state index contributed by atoms with van der Waals surface area (Å²) in [7, 11) is 0. The van der Waals surface area contributed by atoms with E-state index in [1.165, 1.54) is 33.2 Å². The first-order valence-electron chi connectivity index (χ1n) is 9.68. The van der Waals surface area contributed by atoms with Crippen LogP contribution in [0.5, 0.6) is 0 Å². The lowest BCUT2D eigenvalue weighted by Crippen LogP contribution is -2.47. The van der Waals surface area contributed by atoms with Crippen LogP contribution in [0.2, 0.25) is 0 Å². The number of anilines is 1. The summed E-state index contributed by atoms with van der Waals surface area (Å²) in [5.41, 5.74) is 5.46. The molecule has 0 unspecified atom stereocenters. The number of hydrogen-bond acceptors (Lipinski definition) is 1. The van der Waals surface area contributed by atoms with E-state index >= 15 is 0 Å². The minimum absolute atomic E-state index is 0.0225. The van der Waals surface area contributed by atoms with Crippen molar-refractivity contribution in [3.05, 3.63) is 114 Å². The molecule has 0 bridgehead atoms.